The van der Waals surface area contributed by atoms with E-state index in [1.165, 1.54) is 0 Å². The molecule has 0 aliphatic carbocycles. The Bertz CT molecular complexity index is 513. The number of thioether (sulfide) groups is 1. The molecule has 1 amide bonds. The number of nitrogens with one attached hydrogen (secondary N) is 1. The molecule has 0 aromatic rings. The molecule has 8 nitrogen and oxygen atoms in total. The number of nitrogens with two attached hydrogens (primary N) is 2. The topological polar surface area (TPSA) is 143 Å². The lowest BCUT2D eigenvalue weighted by molar-refractivity contribution is -0.129. The molecule has 0 spiro atoms. The van der Waals surface area contributed by atoms with E-state index < -0.39 is 9.84 Å². The molecule has 1 saturated heterocycles. The maximum Gasteiger partial charge on any atom is 0.233 e. The summed E-state index contributed by atoms with van der Waals surface area (Å²) < 4.78 is 22.9. The van der Waals surface area contributed by atoms with Crippen LogP contribution < -0.4 is 11.5 Å². The van der Waals surface area contributed by atoms with Crippen molar-refractivity contribution in [2.24, 2.45) is 16.5 Å². The molecule has 114 valence electrons. The molecular formula is C10H19N5O3S2. The SMILES string of the molecule is CCN(C(=O)CSC(=N)N=C(N)N)C1CCS(=O)(=O)C1. The van der Waals surface area contributed by atoms with Crippen LogP contribution >= 0.6 is 11.8 Å². The second kappa shape index (κ2) is 6.93. The second-order valence-corrected chi connectivity index (χ2v) is 7.56. The Labute approximate surface area is 122 Å². The maximum absolute atomic E-state index is 12.1. The quantitative estimate of drug-likeness (QED) is 0.446. The van der Waals surface area contributed by atoms with Crippen LogP contribution in [0, 0.1) is 5.41 Å². The van der Waals surface area contributed by atoms with Crippen LogP contribution in [0.2, 0.25) is 0 Å². The van der Waals surface area contributed by atoms with Crippen molar-refractivity contribution in [1.82, 2.24) is 4.90 Å². The first-order chi connectivity index (χ1) is 9.25. The maximum atomic E-state index is 12.1. The fraction of sp³-hybridized carbons (Fsp3) is 0.700. The minimum absolute atomic E-state index is 0.0139. The predicted molar refractivity (Wildman–Crippen MR) is 80.4 cm³/mol. The Morgan fingerprint density at radius 1 is 1.50 bits per heavy atom. The molecule has 1 rings (SSSR count). The Balaban J connectivity index is 2.56. The molecule has 5 N–H and O–H groups in total. The van der Waals surface area contributed by atoms with Crippen LogP contribution in [0.25, 0.3) is 0 Å². The molecule has 0 aromatic heterocycles. The monoisotopic (exact) mass is 321 g/mol. The van der Waals surface area contributed by atoms with E-state index >= 15 is 0 Å². The molecule has 1 aliphatic rings. The molecule has 0 bridgehead atoms. The first-order valence-electron chi connectivity index (χ1n) is 6.06. The van der Waals surface area contributed by atoms with Crippen LogP contribution in [0.1, 0.15) is 13.3 Å². The van der Waals surface area contributed by atoms with Crippen LogP contribution in [0.3, 0.4) is 0 Å². The molecule has 20 heavy (non-hydrogen) atoms. The van der Waals surface area contributed by atoms with E-state index in [1.54, 1.807) is 11.8 Å². The number of carbonyl (C=O) groups is 1. The normalized spacial score (nSPS) is 20.4. The molecule has 1 atom stereocenters. The van der Waals surface area contributed by atoms with Gasteiger partial charge in [-0.1, -0.05) is 11.8 Å². The van der Waals surface area contributed by atoms with Crippen LogP contribution in [-0.2, 0) is 14.6 Å². The zero-order valence-corrected chi connectivity index (χ0v) is 12.8. The van der Waals surface area contributed by atoms with Gasteiger partial charge in [-0.25, -0.2) is 8.42 Å². The van der Waals surface area contributed by atoms with Gasteiger partial charge in [0.25, 0.3) is 0 Å². The highest BCUT2D eigenvalue weighted by molar-refractivity contribution is 8.14. The average Bonchev–Trinajstić information content (AvgIpc) is 2.67. The first-order valence-corrected chi connectivity index (χ1v) is 8.86. The van der Waals surface area contributed by atoms with E-state index in [4.69, 9.17) is 16.9 Å². The summed E-state index contributed by atoms with van der Waals surface area (Å²) in [5, 5.41) is 7.29. The number of guanidine groups is 1. The fourth-order valence-corrected chi connectivity index (χ4v) is 4.35. The first kappa shape index (κ1) is 16.8. The van der Waals surface area contributed by atoms with E-state index in [0.29, 0.717) is 13.0 Å². The smallest absolute Gasteiger partial charge is 0.233 e. The van der Waals surface area contributed by atoms with Gasteiger partial charge < -0.3 is 16.4 Å². The summed E-state index contributed by atoms with van der Waals surface area (Å²) in [7, 11) is -3.03. The minimum atomic E-state index is -3.03. The third-order valence-electron chi connectivity index (χ3n) is 2.87. The second-order valence-electron chi connectivity index (χ2n) is 4.37. The number of hydrogen-bond acceptors (Lipinski definition) is 5. The molecule has 1 unspecified atom stereocenters. The Hall–Kier alpha value is -1.29. The number of hydrogen-bond donors (Lipinski definition) is 3. The van der Waals surface area contributed by atoms with E-state index in [0.717, 1.165) is 11.8 Å². The van der Waals surface area contributed by atoms with E-state index in [2.05, 4.69) is 4.99 Å². The lowest BCUT2D eigenvalue weighted by Crippen LogP contribution is -2.42. The number of amides is 1. The predicted octanol–water partition coefficient (Wildman–Crippen LogP) is -1.04. The van der Waals surface area contributed by atoms with Gasteiger partial charge in [0.1, 0.15) is 0 Å². The van der Waals surface area contributed by atoms with Gasteiger partial charge in [-0.15, -0.1) is 0 Å². The number of nitrogens with zero attached hydrogens (tertiary/aromatic N) is 2. The highest BCUT2D eigenvalue weighted by Gasteiger charge is 2.33. The molecule has 1 fully saturated rings. The Morgan fingerprint density at radius 3 is 2.60 bits per heavy atom. The lowest BCUT2D eigenvalue weighted by Gasteiger charge is -2.26. The summed E-state index contributed by atoms with van der Waals surface area (Å²) in [6.45, 7) is 2.24. The van der Waals surface area contributed by atoms with Gasteiger partial charge in [0.15, 0.2) is 21.0 Å². The number of aliphatic imine (C=N–C) groups is 1. The molecule has 10 heteroatoms. The number of amidine groups is 1. The van der Waals surface area contributed by atoms with Crippen molar-refractivity contribution in [3.8, 4) is 0 Å². The van der Waals surface area contributed by atoms with Gasteiger partial charge in [-0.2, -0.15) is 4.99 Å². The average molecular weight is 321 g/mol. The Kier molecular flexibility index (Phi) is 5.81. The minimum Gasteiger partial charge on any atom is -0.370 e. The summed E-state index contributed by atoms with van der Waals surface area (Å²) in [5.74, 6) is -0.291. The summed E-state index contributed by atoms with van der Waals surface area (Å²) >= 11 is 0.910. The van der Waals surface area contributed by atoms with Crippen LogP contribution in [0.15, 0.2) is 4.99 Å². The van der Waals surface area contributed by atoms with Gasteiger partial charge in [0, 0.05) is 12.6 Å². The third-order valence-corrected chi connectivity index (χ3v) is 5.38. The summed E-state index contributed by atoms with van der Waals surface area (Å²) in [6.07, 6.45) is 0.470. The van der Waals surface area contributed by atoms with Gasteiger partial charge in [-0.3, -0.25) is 10.2 Å². The molecule has 1 heterocycles. The van der Waals surface area contributed by atoms with E-state index in [-0.39, 0.29) is 40.3 Å². The zero-order valence-electron chi connectivity index (χ0n) is 11.2. The van der Waals surface area contributed by atoms with Crippen molar-refractivity contribution in [2.45, 2.75) is 19.4 Å². The highest BCUT2D eigenvalue weighted by atomic mass is 32.2. The summed E-state index contributed by atoms with van der Waals surface area (Å²) in [4.78, 5) is 17.1. The van der Waals surface area contributed by atoms with Crippen molar-refractivity contribution in [3.05, 3.63) is 0 Å². The van der Waals surface area contributed by atoms with Gasteiger partial charge in [0.05, 0.1) is 17.3 Å². The summed E-state index contributed by atoms with van der Waals surface area (Å²) in [6, 6.07) is -0.268. The van der Waals surface area contributed by atoms with Crippen molar-refractivity contribution < 1.29 is 13.2 Å². The summed E-state index contributed by atoms with van der Waals surface area (Å²) in [5.41, 5.74) is 10.3. The van der Waals surface area contributed by atoms with Crippen molar-refractivity contribution >= 4 is 38.6 Å². The molecule has 1 aliphatic heterocycles. The number of rotatable bonds is 4. The molecule has 0 aromatic carbocycles. The van der Waals surface area contributed by atoms with Gasteiger partial charge in [-0.05, 0) is 13.3 Å². The fourth-order valence-electron chi connectivity index (χ4n) is 2.02. The molecule has 0 radical (unpaired) electrons. The third kappa shape index (κ3) is 5.00. The van der Waals surface area contributed by atoms with Gasteiger partial charge >= 0.3 is 0 Å². The molecule has 0 saturated carbocycles. The largest absolute Gasteiger partial charge is 0.370 e. The standard InChI is InChI=1S/C10H19N5O3S2/c1-2-15(7-3-4-20(17,18)6-7)8(16)5-19-10(13)14-9(11)12/h7H,2-6H2,1H3,(H5,11,12,13,14). The number of carbonyl (C=O) groups excluding carboxylic acids is 1. The van der Waals surface area contributed by atoms with Crippen LogP contribution in [0.4, 0.5) is 0 Å². The number of sulfone groups is 1. The van der Waals surface area contributed by atoms with Gasteiger partial charge in [0.2, 0.25) is 5.91 Å². The molecular weight excluding hydrogens is 302 g/mol. The lowest BCUT2D eigenvalue weighted by atomic mass is 10.2. The highest BCUT2D eigenvalue weighted by Crippen LogP contribution is 2.19. The van der Waals surface area contributed by atoms with E-state index in [9.17, 15) is 13.2 Å². The van der Waals surface area contributed by atoms with Crippen molar-refractivity contribution in [1.29, 1.82) is 5.41 Å². The van der Waals surface area contributed by atoms with Crippen molar-refractivity contribution in [3.63, 3.8) is 0 Å². The van der Waals surface area contributed by atoms with Crippen LogP contribution in [-0.4, -0.2) is 60.2 Å². The zero-order chi connectivity index (χ0) is 15.3. The Morgan fingerprint density at radius 2 is 2.15 bits per heavy atom. The van der Waals surface area contributed by atoms with Crippen molar-refractivity contribution in [2.75, 3.05) is 23.8 Å². The van der Waals surface area contributed by atoms with Crippen LogP contribution in [0.5, 0.6) is 0 Å². The van der Waals surface area contributed by atoms with E-state index in [1.807, 2.05) is 0 Å².